The first-order chi connectivity index (χ1) is 16.8. The van der Waals surface area contributed by atoms with Gasteiger partial charge in [-0.1, -0.05) is 0 Å². The third kappa shape index (κ3) is 4.07. The smallest absolute Gasteiger partial charge is 0.225 e. The van der Waals surface area contributed by atoms with Crippen LogP contribution < -0.4 is 5.32 Å². The van der Waals surface area contributed by atoms with Crippen molar-refractivity contribution in [3.05, 3.63) is 42.2 Å². The van der Waals surface area contributed by atoms with Crippen LogP contribution in [0.15, 0.2) is 36.5 Å². The Morgan fingerprint density at radius 2 is 1.94 bits per heavy atom. The lowest BCUT2D eigenvalue weighted by Gasteiger charge is -2.34. The number of ether oxygens (including phenoxy) is 1. The van der Waals surface area contributed by atoms with Crippen molar-refractivity contribution in [2.24, 2.45) is 5.92 Å². The molecule has 0 aliphatic carbocycles. The van der Waals surface area contributed by atoms with Crippen LogP contribution in [-0.4, -0.2) is 61.9 Å². The van der Waals surface area contributed by atoms with E-state index in [0.29, 0.717) is 41.9 Å². The fourth-order valence-electron chi connectivity index (χ4n) is 4.95. The number of hydrogen-bond acceptors (Lipinski definition) is 9. The van der Waals surface area contributed by atoms with Gasteiger partial charge in [0.05, 0.1) is 10.4 Å². The first-order valence-corrected chi connectivity index (χ1v) is 12.5. The summed E-state index contributed by atoms with van der Waals surface area (Å²) in [7, 11) is 0. The number of amides is 1. The molecule has 3 aromatic heterocycles. The third-order valence-electron chi connectivity index (χ3n) is 6.83. The van der Waals surface area contributed by atoms with E-state index in [-0.39, 0.29) is 5.92 Å². The SMILES string of the molecule is O=C(C1CCOCC1)N1CCC(c2nsc3cc(Nc4nnnc5cccnc45)ccc23)CC1. The van der Waals surface area contributed by atoms with E-state index in [1.54, 1.807) is 6.20 Å². The summed E-state index contributed by atoms with van der Waals surface area (Å²) in [6.45, 7) is 3.02. The number of aromatic nitrogens is 5. The Labute approximate surface area is 200 Å². The van der Waals surface area contributed by atoms with Crippen LogP contribution in [-0.2, 0) is 9.53 Å². The van der Waals surface area contributed by atoms with E-state index in [0.717, 1.165) is 54.9 Å². The van der Waals surface area contributed by atoms with Gasteiger partial charge >= 0.3 is 0 Å². The highest BCUT2D eigenvalue weighted by molar-refractivity contribution is 7.13. The van der Waals surface area contributed by atoms with Crippen molar-refractivity contribution in [3.8, 4) is 0 Å². The predicted octanol–water partition coefficient (Wildman–Crippen LogP) is 3.91. The Bertz CT molecular complexity index is 1320. The van der Waals surface area contributed by atoms with E-state index in [4.69, 9.17) is 9.11 Å². The molecule has 1 aromatic carbocycles. The lowest BCUT2D eigenvalue weighted by atomic mass is 9.90. The maximum Gasteiger partial charge on any atom is 0.225 e. The Hall–Kier alpha value is -3.24. The van der Waals surface area contributed by atoms with Gasteiger partial charge in [0.15, 0.2) is 5.82 Å². The van der Waals surface area contributed by atoms with Crippen molar-refractivity contribution in [1.82, 2.24) is 29.7 Å². The van der Waals surface area contributed by atoms with E-state index in [2.05, 4.69) is 42.7 Å². The second kappa shape index (κ2) is 9.19. The molecule has 0 spiro atoms. The molecule has 1 N–H and O–H groups in total. The zero-order valence-electron chi connectivity index (χ0n) is 18.7. The Morgan fingerprint density at radius 1 is 1.09 bits per heavy atom. The number of fused-ring (bicyclic) bond motifs is 2. The molecule has 1 amide bonds. The van der Waals surface area contributed by atoms with Gasteiger partial charge in [0, 0.05) is 55.4 Å². The van der Waals surface area contributed by atoms with Gasteiger partial charge in [-0.3, -0.25) is 9.78 Å². The second-order valence-electron chi connectivity index (χ2n) is 8.90. The van der Waals surface area contributed by atoms with Crippen LogP contribution in [0.1, 0.15) is 37.3 Å². The van der Waals surface area contributed by atoms with Crippen LogP contribution in [0.5, 0.6) is 0 Å². The second-order valence-corrected chi connectivity index (χ2v) is 9.70. The molecule has 9 nitrogen and oxygen atoms in total. The molecule has 0 unspecified atom stereocenters. The molecule has 10 heteroatoms. The number of likely N-dealkylation sites (tertiary alicyclic amines) is 1. The summed E-state index contributed by atoms with van der Waals surface area (Å²) in [5.41, 5.74) is 3.44. The number of piperidine rings is 1. The van der Waals surface area contributed by atoms with Gasteiger partial charge in [-0.15, -0.1) is 10.2 Å². The van der Waals surface area contributed by atoms with Crippen molar-refractivity contribution in [3.63, 3.8) is 0 Å². The van der Waals surface area contributed by atoms with Crippen molar-refractivity contribution in [1.29, 1.82) is 0 Å². The van der Waals surface area contributed by atoms with Crippen LogP contribution in [0.25, 0.3) is 21.1 Å². The summed E-state index contributed by atoms with van der Waals surface area (Å²) in [6.07, 6.45) is 5.33. The van der Waals surface area contributed by atoms with E-state index in [1.165, 1.54) is 16.9 Å². The molecule has 34 heavy (non-hydrogen) atoms. The number of benzene rings is 1. The number of anilines is 2. The Morgan fingerprint density at radius 3 is 2.79 bits per heavy atom. The van der Waals surface area contributed by atoms with Gasteiger partial charge in [-0.2, -0.15) is 4.37 Å². The molecule has 6 rings (SSSR count). The Balaban J connectivity index is 1.16. The van der Waals surface area contributed by atoms with Gasteiger partial charge in [0.2, 0.25) is 5.91 Å². The van der Waals surface area contributed by atoms with E-state index in [9.17, 15) is 4.79 Å². The van der Waals surface area contributed by atoms with Gasteiger partial charge < -0.3 is 15.0 Å². The number of nitrogens with one attached hydrogen (secondary N) is 1. The van der Waals surface area contributed by atoms with E-state index < -0.39 is 0 Å². The van der Waals surface area contributed by atoms with E-state index in [1.807, 2.05) is 18.2 Å². The lowest BCUT2D eigenvalue weighted by Crippen LogP contribution is -2.42. The minimum absolute atomic E-state index is 0.133. The van der Waals surface area contributed by atoms with Crippen LogP contribution in [0.4, 0.5) is 11.5 Å². The molecule has 0 saturated carbocycles. The topological polar surface area (TPSA) is 106 Å². The molecule has 5 heterocycles. The molecular formula is C24H25N7O2S. The molecule has 2 fully saturated rings. The van der Waals surface area contributed by atoms with Crippen molar-refractivity contribution in [2.75, 3.05) is 31.6 Å². The number of hydrogen-bond donors (Lipinski definition) is 1. The highest BCUT2D eigenvalue weighted by atomic mass is 32.1. The maximum atomic E-state index is 12.9. The molecule has 0 radical (unpaired) electrons. The number of carbonyl (C=O) groups is 1. The van der Waals surface area contributed by atoms with Crippen LogP contribution in [0, 0.1) is 5.92 Å². The quantitative estimate of drug-likeness (QED) is 0.474. The monoisotopic (exact) mass is 475 g/mol. The number of pyridine rings is 1. The fourth-order valence-corrected chi connectivity index (χ4v) is 5.84. The molecule has 4 aromatic rings. The van der Waals surface area contributed by atoms with Crippen LogP contribution in [0.2, 0.25) is 0 Å². The van der Waals surface area contributed by atoms with Gasteiger partial charge in [0.25, 0.3) is 0 Å². The van der Waals surface area contributed by atoms with Gasteiger partial charge in [0.1, 0.15) is 11.0 Å². The highest BCUT2D eigenvalue weighted by Crippen LogP contribution is 2.36. The maximum absolute atomic E-state index is 12.9. The first kappa shape index (κ1) is 21.3. The minimum atomic E-state index is 0.133. The average molecular weight is 476 g/mol. The summed E-state index contributed by atoms with van der Waals surface area (Å²) in [4.78, 5) is 19.3. The van der Waals surface area contributed by atoms with Gasteiger partial charge in [-0.05, 0) is 72.8 Å². The summed E-state index contributed by atoms with van der Waals surface area (Å²) in [6, 6.07) is 9.96. The lowest BCUT2D eigenvalue weighted by molar-refractivity contribution is -0.139. The molecule has 2 saturated heterocycles. The highest BCUT2D eigenvalue weighted by Gasteiger charge is 2.31. The molecule has 0 bridgehead atoms. The van der Waals surface area contributed by atoms with E-state index >= 15 is 0 Å². The van der Waals surface area contributed by atoms with Crippen molar-refractivity contribution < 1.29 is 9.53 Å². The molecular weight excluding hydrogens is 450 g/mol. The average Bonchev–Trinajstić information content (AvgIpc) is 3.32. The molecule has 2 aliphatic rings. The largest absolute Gasteiger partial charge is 0.381 e. The number of nitrogens with zero attached hydrogens (tertiary/aromatic N) is 6. The summed E-state index contributed by atoms with van der Waals surface area (Å²) < 4.78 is 11.4. The minimum Gasteiger partial charge on any atom is -0.381 e. The van der Waals surface area contributed by atoms with Crippen molar-refractivity contribution in [2.45, 2.75) is 31.6 Å². The van der Waals surface area contributed by atoms with Gasteiger partial charge in [-0.25, -0.2) is 0 Å². The zero-order chi connectivity index (χ0) is 22.9. The number of rotatable bonds is 4. The van der Waals surface area contributed by atoms with Crippen LogP contribution >= 0.6 is 11.5 Å². The zero-order valence-corrected chi connectivity index (χ0v) is 19.5. The first-order valence-electron chi connectivity index (χ1n) is 11.7. The Kier molecular flexibility index (Phi) is 5.76. The third-order valence-corrected chi connectivity index (χ3v) is 7.66. The fraction of sp³-hybridized carbons (Fsp3) is 0.417. The standard InChI is InChI=1S/C24H25N7O2S/c32-24(16-7-12-33-13-8-16)31-10-5-15(6-11-31)21-18-4-3-17(14-20(18)34-29-21)26-23-22-19(27-30-28-23)2-1-9-25-22/h1-4,9,14-16H,5-8,10-13H2,(H,26,27,28). The normalized spacial score (nSPS) is 17.9. The van der Waals surface area contributed by atoms with Crippen molar-refractivity contribution >= 4 is 50.1 Å². The molecule has 2 aliphatic heterocycles. The molecule has 0 atom stereocenters. The molecule has 174 valence electrons. The summed E-state index contributed by atoms with van der Waals surface area (Å²) in [5.74, 6) is 1.40. The summed E-state index contributed by atoms with van der Waals surface area (Å²) in [5, 5.41) is 16.5. The summed E-state index contributed by atoms with van der Waals surface area (Å²) >= 11 is 1.52. The predicted molar refractivity (Wildman–Crippen MR) is 130 cm³/mol. The number of carbonyl (C=O) groups excluding carboxylic acids is 1. The van der Waals surface area contributed by atoms with Crippen LogP contribution in [0.3, 0.4) is 0 Å².